The van der Waals surface area contributed by atoms with E-state index >= 15 is 0 Å². The molecule has 31 heavy (non-hydrogen) atoms. The fourth-order valence-electron chi connectivity index (χ4n) is 3.76. The normalized spacial score (nSPS) is 17.7. The molecule has 0 amide bonds. The number of hydrogen-bond acceptors (Lipinski definition) is 5. The lowest BCUT2D eigenvalue weighted by Crippen LogP contribution is -2.39. The standard InChI is InChI=1S/C22H23ClFN3O3S/c23-12-2-4-16-8-10-20(11-9-16)31(28,29)27-13-3-6-18(15-27)22-25-21(26-30-22)17-5-1-7-19(24)14-17/h1,5,7-11,14,18H,2-4,6,12-13,15H2. The minimum Gasteiger partial charge on any atom is -0.339 e. The van der Waals surface area contributed by atoms with Gasteiger partial charge in [0.25, 0.3) is 0 Å². The van der Waals surface area contributed by atoms with Crippen molar-refractivity contribution in [2.45, 2.75) is 36.5 Å². The first-order chi connectivity index (χ1) is 15.0. The Morgan fingerprint density at radius 3 is 2.74 bits per heavy atom. The molecule has 0 spiro atoms. The average Bonchev–Trinajstić information content (AvgIpc) is 3.29. The fraction of sp³-hybridized carbons (Fsp3) is 0.364. The number of alkyl halides is 1. The maximum absolute atomic E-state index is 13.5. The smallest absolute Gasteiger partial charge is 0.243 e. The molecule has 9 heteroatoms. The van der Waals surface area contributed by atoms with Gasteiger partial charge in [-0.3, -0.25) is 0 Å². The molecule has 164 valence electrons. The van der Waals surface area contributed by atoms with E-state index in [1.54, 1.807) is 24.3 Å². The lowest BCUT2D eigenvalue weighted by Gasteiger charge is -2.30. The number of aromatic nitrogens is 2. The van der Waals surface area contributed by atoms with E-state index in [0.717, 1.165) is 24.8 Å². The molecule has 1 fully saturated rings. The Hall–Kier alpha value is -2.29. The van der Waals surface area contributed by atoms with Crippen molar-refractivity contribution in [1.82, 2.24) is 14.4 Å². The van der Waals surface area contributed by atoms with Gasteiger partial charge in [0, 0.05) is 24.5 Å². The van der Waals surface area contributed by atoms with Crippen LogP contribution < -0.4 is 0 Å². The summed E-state index contributed by atoms with van der Waals surface area (Å²) in [5.74, 6) is 0.651. The lowest BCUT2D eigenvalue weighted by molar-refractivity contribution is 0.265. The minimum absolute atomic E-state index is 0.207. The van der Waals surface area contributed by atoms with Crippen LogP contribution in [0, 0.1) is 5.82 Å². The van der Waals surface area contributed by atoms with Gasteiger partial charge < -0.3 is 4.52 Å². The summed E-state index contributed by atoms with van der Waals surface area (Å²) < 4.78 is 46.7. The summed E-state index contributed by atoms with van der Waals surface area (Å²) in [4.78, 5) is 4.67. The van der Waals surface area contributed by atoms with Crippen molar-refractivity contribution in [3.8, 4) is 11.4 Å². The first-order valence-corrected chi connectivity index (χ1v) is 12.2. The summed E-state index contributed by atoms with van der Waals surface area (Å²) in [6, 6.07) is 12.9. The molecule has 1 saturated heterocycles. The Morgan fingerprint density at radius 1 is 1.19 bits per heavy atom. The van der Waals surface area contributed by atoms with Crippen molar-refractivity contribution in [3.63, 3.8) is 0 Å². The van der Waals surface area contributed by atoms with E-state index in [-0.39, 0.29) is 23.2 Å². The van der Waals surface area contributed by atoms with Crippen LogP contribution in [0.25, 0.3) is 11.4 Å². The number of sulfonamides is 1. The van der Waals surface area contributed by atoms with E-state index in [9.17, 15) is 12.8 Å². The third-order valence-corrected chi connectivity index (χ3v) is 7.56. The van der Waals surface area contributed by atoms with Crippen molar-refractivity contribution in [3.05, 3.63) is 65.8 Å². The van der Waals surface area contributed by atoms with Gasteiger partial charge in [-0.05, 0) is 55.5 Å². The number of piperidine rings is 1. The van der Waals surface area contributed by atoms with Crippen LogP contribution in [-0.2, 0) is 16.4 Å². The van der Waals surface area contributed by atoms with Crippen LogP contribution in [0.5, 0.6) is 0 Å². The van der Waals surface area contributed by atoms with E-state index in [4.69, 9.17) is 16.1 Å². The topological polar surface area (TPSA) is 76.3 Å². The summed E-state index contributed by atoms with van der Waals surface area (Å²) in [5.41, 5.74) is 1.58. The Morgan fingerprint density at radius 2 is 2.00 bits per heavy atom. The predicted octanol–water partition coefficient (Wildman–Crippen LogP) is 4.62. The highest BCUT2D eigenvalue weighted by atomic mass is 35.5. The third-order valence-electron chi connectivity index (χ3n) is 5.42. The molecule has 0 saturated carbocycles. The minimum atomic E-state index is -3.62. The molecule has 1 aromatic heterocycles. The number of benzene rings is 2. The average molecular weight is 464 g/mol. The zero-order valence-electron chi connectivity index (χ0n) is 16.9. The Bertz CT molecular complexity index is 1130. The Labute approximate surface area is 186 Å². The van der Waals surface area contributed by atoms with Crippen LogP contribution in [0.3, 0.4) is 0 Å². The first kappa shape index (κ1) is 21.9. The predicted molar refractivity (Wildman–Crippen MR) is 116 cm³/mol. The zero-order chi connectivity index (χ0) is 21.8. The highest BCUT2D eigenvalue weighted by Crippen LogP contribution is 2.31. The van der Waals surface area contributed by atoms with E-state index in [1.165, 1.54) is 16.4 Å². The highest BCUT2D eigenvalue weighted by Gasteiger charge is 2.33. The van der Waals surface area contributed by atoms with Crippen LogP contribution in [0.2, 0.25) is 0 Å². The van der Waals surface area contributed by atoms with E-state index in [1.807, 2.05) is 12.1 Å². The number of rotatable bonds is 7. The summed E-state index contributed by atoms with van der Waals surface area (Å²) >= 11 is 5.73. The van der Waals surface area contributed by atoms with Gasteiger partial charge in [0.15, 0.2) is 0 Å². The lowest BCUT2D eigenvalue weighted by atomic mass is 10.00. The zero-order valence-corrected chi connectivity index (χ0v) is 18.4. The molecule has 4 rings (SSSR count). The van der Waals surface area contributed by atoms with Crippen LogP contribution >= 0.6 is 11.6 Å². The summed E-state index contributed by atoms with van der Waals surface area (Å²) in [6.07, 6.45) is 3.10. The molecule has 2 heterocycles. The van der Waals surface area contributed by atoms with E-state index in [2.05, 4.69) is 10.1 Å². The fourth-order valence-corrected chi connectivity index (χ4v) is 5.41. The number of nitrogens with zero attached hydrogens (tertiary/aromatic N) is 3. The van der Waals surface area contributed by atoms with Gasteiger partial charge in [0.1, 0.15) is 5.82 Å². The monoisotopic (exact) mass is 463 g/mol. The summed E-state index contributed by atoms with van der Waals surface area (Å²) in [5, 5.41) is 3.95. The molecule has 3 aromatic rings. The largest absolute Gasteiger partial charge is 0.339 e. The highest BCUT2D eigenvalue weighted by molar-refractivity contribution is 7.89. The molecule has 0 N–H and O–H groups in total. The van der Waals surface area contributed by atoms with E-state index in [0.29, 0.717) is 36.1 Å². The van der Waals surface area contributed by atoms with Gasteiger partial charge in [-0.25, -0.2) is 12.8 Å². The quantitative estimate of drug-likeness (QED) is 0.478. The van der Waals surface area contributed by atoms with Gasteiger partial charge in [-0.1, -0.05) is 29.4 Å². The van der Waals surface area contributed by atoms with Crippen LogP contribution in [0.1, 0.15) is 36.6 Å². The Kier molecular flexibility index (Phi) is 6.69. The molecule has 1 unspecified atom stereocenters. The molecular weight excluding hydrogens is 441 g/mol. The molecule has 2 aromatic carbocycles. The molecule has 1 aliphatic rings. The van der Waals surface area contributed by atoms with Crippen molar-refractivity contribution >= 4 is 21.6 Å². The SMILES string of the molecule is O=S(=O)(c1ccc(CCCCl)cc1)N1CCCC(c2nc(-c3cccc(F)c3)no2)C1. The van der Waals surface area contributed by atoms with Crippen molar-refractivity contribution < 1.29 is 17.3 Å². The molecule has 1 aliphatic heterocycles. The third kappa shape index (κ3) is 4.97. The summed E-state index contributed by atoms with van der Waals surface area (Å²) in [7, 11) is -3.62. The molecular formula is C22H23ClFN3O3S. The summed E-state index contributed by atoms with van der Waals surface area (Å²) in [6.45, 7) is 0.707. The first-order valence-electron chi connectivity index (χ1n) is 10.2. The second kappa shape index (κ2) is 9.46. The molecule has 0 bridgehead atoms. The van der Waals surface area contributed by atoms with Crippen molar-refractivity contribution in [2.24, 2.45) is 0 Å². The van der Waals surface area contributed by atoms with Crippen molar-refractivity contribution in [2.75, 3.05) is 19.0 Å². The second-order valence-electron chi connectivity index (χ2n) is 7.61. The van der Waals surface area contributed by atoms with Crippen LogP contribution in [-0.4, -0.2) is 41.8 Å². The van der Waals surface area contributed by atoms with E-state index < -0.39 is 10.0 Å². The molecule has 6 nitrogen and oxygen atoms in total. The van der Waals surface area contributed by atoms with Gasteiger partial charge in [0.05, 0.1) is 10.8 Å². The van der Waals surface area contributed by atoms with Crippen LogP contribution in [0.4, 0.5) is 4.39 Å². The second-order valence-corrected chi connectivity index (χ2v) is 9.92. The van der Waals surface area contributed by atoms with Gasteiger partial charge >= 0.3 is 0 Å². The number of hydrogen-bond donors (Lipinski definition) is 0. The van der Waals surface area contributed by atoms with Gasteiger partial charge in [0.2, 0.25) is 21.7 Å². The number of halogens is 2. The molecule has 1 atom stereocenters. The maximum atomic E-state index is 13.5. The molecule has 0 aliphatic carbocycles. The molecule has 0 radical (unpaired) electrons. The Balaban J connectivity index is 1.49. The van der Waals surface area contributed by atoms with Crippen molar-refractivity contribution in [1.29, 1.82) is 0 Å². The van der Waals surface area contributed by atoms with Crippen LogP contribution in [0.15, 0.2) is 57.9 Å². The number of aryl methyl sites for hydroxylation is 1. The van der Waals surface area contributed by atoms with Gasteiger partial charge in [-0.15, -0.1) is 11.6 Å². The van der Waals surface area contributed by atoms with Gasteiger partial charge in [-0.2, -0.15) is 9.29 Å². The maximum Gasteiger partial charge on any atom is 0.243 e.